The van der Waals surface area contributed by atoms with Gasteiger partial charge in [-0.05, 0) is 37.5 Å². The molecule has 0 aromatic heterocycles. The van der Waals surface area contributed by atoms with Crippen LogP contribution in [0.5, 0.6) is 0 Å². The van der Waals surface area contributed by atoms with Crippen molar-refractivity contribution in [3.8, 4) is 0 Å². The molecule has 0 aliphatic carbocycles. The first-order chi connectivity index (χ1) is 7.58. The average molecular weight is 235 g/mol. The van der Waals surface area contributed by atoms with Crippen LogP contribution in [0.25, 0.3) is 5.57 Å². The van der Waals surface area contributed by atoms with Gasteiger partial charge < -0.3 is 4.90 Å². The maximum absolute atomic E-state index is 4.38. The largest absolute Gasteiger partial charge is 0.380 e. The molecule has 0 radical (unpaired) electrons. The van der Waals surface area contributed by atoms with Gasteiger partial charge in [-0.25, -0.2) is 0 Å². The summed E-state index contributed by atoms with van der Waals surface area (Å²) < 4.78 is 0. The molecule has 0 N–H and O–H groups in total. The van der Waals surface area contributed by atoms with E-state index in [0.717, 1.165) is 12.3 Å². The third-order valence-corrected chi connectivity index (χ3v) is 3.11. The fraction of sp³-hybridized carbons (Fsp3) is 0.429. The molecule has 0 bridgehead atoms. The van der Waals surface area contributed by atoms with Crippen LogP contribution in [0.2, 0.25) is 0 Å². The highest BCUT2D eigenvalue weighted by molar-refractivity contribution is 7.79. The van der Waals surface area contributed by atoms with Gasteiger partial charge in [-0.1, -0.05) is 23.8 Å². The van der Waals surface area contributed by atoms with E-state index in [0.29, 0.717) is 0 Å². The number of aryl methyl sites for hydroxylation is 1. The topological polar surface area (TPSA) is 3.24 Å². The first-order valence-corrected chi connectivity index (χ1v) is 6.31. The van der Waals surface area contributed by atoms with Crippen LogP contribution in [0.3, 0.4) is 0 Å². The van der Waals surface area contributed by atoms with Crippen molar-refractivity contribution in [2.75, 3.05) is 13.6 Å². The first-order valence-electron chi connectivity index (χ1n) is 5.68. The summed E-state index contributed by atoms with van der Waals surface area (Å²) in [6, 6.07) is 6.55. The summed E-state index contributed by atoms with van der Waals surface area (Å²) in [5.74, 6) is 0.788. The van der Waals surface area contributed by atoms with Crippen LogP contribution in [0, 0.1) is 6.92 Å². The van der Waals surface area contributed by atoms with Gasteiger partial charge in [0.2, 0.25) is 0 Å². The van der Waals surface area contributed by atoms with Crippen molar-refractivity contribution >= 4 is 18.2 Å². The fourth-order valence-corrected chi connectivity index (χ4v) is 1.96. The molecule has 0 amide bonds. The molecule has 1 aromatic carbocycles. The van der Waals surface area contributed by atoms with Crippen molar-refractivity contribution in [1.29, 1.82) is 0 Å². The Morgan fingerprint density at radius 2 is 2.12 bits per heavy atom. The quantitative estimate of drug-likeness (QED) is 0.778. The van der Waals surface area contributed by atoms with Gasteiger partial charge in [0.1, 0.15) is 0 Å². The molecule has 1 nitrogen and oxygen atoms in total. The van der Waals surface area contributed by atoms with Crippen LogP contribution < -0.4 is 0 Å². The summed E-state index contributed by atoms with van der Waals surface area (Å²) in [6.45, 7) is 7.47. The van der Waals surface area contributed by atoms with Gasteiger partial charge in [-0.2, -0.15) is 12.6 Å². The number of benzene rings is 1. The zero-order valence-electron chi connectivity index (χ0n) is 10.6. The zero-order valence-corrected chi connectivity index (χ0v) is 11.5. The Balaban J connectivity index is 3.10. The van der Waals surface area contributed by atoms with E-state index in [1.54, 1.807) is 0 Å². The van der Waals surface area contributed by atoms with E-state index in [4.69, 9.17) is 0 Å². The van der Waals surface area contributed by atoms with Crippen LogP contribution in [0.4, 0.5) is 0 Å². The maximum atomic E-state index is 4.38. The van der Waals surface area contributed by atoms with Gasteiger partial charge in [0.25, 0.3) is 0 Å². The molecule has 0 fully saturated rings. The number of hydrogen-bond acceptors (Lipinski definition) is 2. The van der Waals surface area contributed by atoms with Crippen molar-refractivity contribution in [3.05, 3.63) is 41.1 Å². The normalized spacial score (nSPS) is 11.7. The number of hydrogen-bond donors (Lipinski definition) is 1. The number of thiol groups is 1. The summed E-state index contributed by atoms with van der Waals surface area (Å²) in [6.07, 6.45) is 2.20. The van der Waals surface area contributed by atoms with Gasteiger partial charge in [0.15, 0.2) is 0 Å². The highest BCUT2D eigenvalue weighted by Crippen LogP contribution is 2.22. The molecule has 0 saturated carbocycles. The summed E-state index contributed by atoms with van der Waals surface area (Å²) >= 11 is 4.38. The van der Waals surface area contributed by atoms with Gasteiger partial charge in [0, 0.05) is 25.5 Å². The predicted molar refractivity (Wildman–Crippen MR) is 75.8 cm³/mol. The average Bonchev–Trinajstić information content (AvgIpc) is 2.28. The summed E-state index contributed by atoms with van der Waals surface area (Å²) in [5.41, 5.74) is 5.21. The second-order valence-corrected chi connectivity index (χ2v) is 4.52. The zero-order chi connectivity index (χ0) is 12.1. The second kappa shape index (κ2) is 6.00. The van der Waals surface area contributed by atoms with Crippen LogP contribution in [0.1, 0.15) is 30.5 Å². The molecular formula is C14H21NS. The van der Waals surface area contributed by atoms with Crippen LogP contribution in [-0.4, -0.2) is 18.5 Å². The van der Waals surface area contributed by atoms with E-state index >= 15 is 0 Å². The fourth-order valence-electron chi connectivity index (χ4n) is 1.69. The van der Waals surface area contributed by atoms with Crippen LogP contribution in [-0.2, 0) is 5.75 Å². The van der Waals surface area contributed by atoms with Gasteiger partial charge in [-0.3, -0.25) is 0 Å². The molecule has 0 aliphatic rings. The highest BCUT2D eigenvalue weighted by atomic mass is 32.1. The monoisotopic (exact) mass is 235 g/mol. The Bertz CT molecular complexity index is 382. The highest BCUT2D eigenvalue weighted by Gasteiger charge is 2.04. The molecule has 0 spiro atoms. The molecule has 2 heteroatoms. The number of nitrogens with zero attached hydrogens (tertiary/aromatic N) is 1. The van der Waals surface area contributed by atoms with E-state index in [-0.39, 0.29) is 0 Å². The van der Waals surface area contributed by atoms with E-state index in [1.165, 1.54) is 22.3 Å². The molecule has 16 heavy (non-hydrogen) atoms. The molecule has 0 atom stereocenters. The van der Waals surface area contributed by atoms with Gasteiger partial charge >= 0.3 is 0 Å². The summed E-state index contributed by atoms with van der Waals surface area (Å²) in [7, 11) is 2.10. The summed E-state index contributed by atoms with van der Waals surface area (Å²) in [4.78, 5) is 2.19. The minimum Gasteiger partial charge on any atom is -0.380 e. The SMILES string of the molecule is CCN(C)/C=C(/C)c1cc(C)ccc1CS. The molecule has 88 valence electrons. The third kappa shape index (κ3) is 3.31. The second-order valence-electron chi connectivity index (χ2n) is 4.20. The molecule has 0 unspecified atom stereocenters. The lowest BCUT2D eigenvalue weighted by Gasteiger charge is -2.15. The minimum atomic E-state index is 0.788. The molecule has 0 saturated heterocycles. The molecular weight excluding hydrogens is 214 g/mol. The Kier molecular flexibility index (Phi) is 4.94. The molecule has 0 aliphatic heterocycles. The van der Waals surface area contributed by atoms with E-state index in [1.807, 2.05) is 0 Å². The smallest absolute Gasteiger partial charge is 0.0160 e. The van der Waals surface area contributed by atoms with Crippen LogP contribution in [0.15, 0.2) is 24.4 Å². The number of rotatable bonds is 4. The van der Waals surface area contributed by atoms with Gasteiger partial charge in [-0.15, -0.1) is 0 Å². The first kappa shape index (κ1) is 13.2. The Labute approximate surface area is 105 Å². The van der Waals surface area contributed by atoms with Gasteiger partial charge in [0.05, 0.1) is 0 Å². The van der Waals surface area contributed by atoms with E-state index < -0.39 is 0 Å². The number of allylic oxidation sites excluding steroid dienone is 1. The van der Waals surface area contributed by atoms with Crippen molar-refractivity contribution in [1.82, 2.24) is 4.90 Å². The summed E-state index contributed by atoms with van der Waals surface area (Å²) in [5, 5.41) is 0. The van der Waals surface area contributed by atoms with Crippen LogP contribution >= 0.6 is 12.6 Å². The van der Waals surface area contributed by atoms with Crippen molar-refractivity contribution in [3.63, 3.8) is 0 Å². The molecule has 1 aromatic rings. The Morgan fingerprint density at radius 3 is 2.69 bits per heavy atom. The molecule has 1 rings (SSSR count). The lowest BCUT2D eigenvalue weighted by Crippen LogP contribution is -2.09. The van der Waals surface area contributed by atoms with Crippen molar-refractivity contribution in [2.45, 2.75) is 26.5 Å². The lowest BCUT2D eigenvalue weighted by molar-refractivity contribution is 0.485. The van der Waals surface area contributed by atoms with E-state index in [9.17, 15) is 0 Å². The van der Waals surface area contributed by atoms with Crippen molar-refractivity contribution < 1.29 is 0 Å². The van der Waals surface area contributed by atoms with E-state index in [2.05, 4.69) is 69.7 Å². The molecule has 0 heterocycles. The Hall–Kier alpha value is -0.890. The Morgan fingerprint density at radius 1 is 1.44 bits per heavy atom. The maximum Gasteiger partial charge on any atom is 0.0160 e. The predicted octanol–water partition coefficient (Wildman–Crippen LogP) is 3.74. The van der Waals surface area contributed by atoms with Crippen molar-refractivity contribution in [2.24, 2.45) is 0 Å². The minimum absolute atomic E-state index is 0.788. The lowest BCUT2D eigenvalue weighted by atomic mass is 10.00. The standard InChI is InChI=1S/C14H21NS/c1-5-15(4)9-12(3)14-8-11(2)6-7-13(14)10-16/h6-9,16H,5,10H2,1-4H3/b12-9-. The third-order valence-electron chi connectivity index (χ3n) is 2.77.